The first-order valence-electron chi connectivity index (χ1n) is 5.37. The van der Waals surface area contributed by atoms with E-state index in [0.717, 1.165) is 0 Å². The molecule has 0 aliphatic rings. The Labute approximate surface area is 104 Å². The lowest BCUT2D eigenvalue weighted by molar-refractivity contribution is 0.572. The third-order valence-corrected chi connectivity index (χ3v) is 3.85. The molecule has 7 heteroatoms. The third kappa shape index (κ3) is 3.08. The second-order valence-electron chi connectivity index (χ2n) is 3.71. The second kappa shape index (κ2) is 5.19. The van der Waals surface area contributed by atoms with E-state index in [0.29, 0.717) is 6.54 Å². The first-order chi connectivity index (χ1) is 8.58. The third-order valence-electron chi connectivity index (χ3n) is 2.39. The fraction of sp³-hybridized carbons (Fsp3) is 0.182. The van der Waals surface area contributed by atoms with E-state index in [1.807, 2.05) is 29.1 Å². The van der Waals surface area contributed by atoms with Crippen molar-refractivity contribution < 1.29 is 8.42 Å². The maximum absolute atomic E-state index is 11.8. The molecular formula is C11H13N3O3S. The molecule has 2 aromatic heterocycles. The molecule has 0 aliphatic heterocycles. The smallest absolute Gasteiger partial charge is 0.247 e. The number of sulfonamides is 1. The minimum Gasteiger partial charge on any atom is -0.353 e. The van der Waals surface area contributed by atoms with Crippen LogP contribution in [-0.4, -0.2) is 24.5 Å². The van der Waals surface area contributed by atoms with Crippen LogP contribution in [0.4, 0.5) is 0 Å². The van der Waals surface area contributed by atoms with Gasteiger partial charge in [-0.1, -0.05) is 0 Å². The summed E-state index contributed by atoms with van der Waals surface area (Å²) in [6.45, 7) is 0.839. The minimum absolute atomic E-state index is 0.0506. The zero-order valence-corrected chi connectivity index (χ0v) is 10.4. The summed E-state index contributed by atoms with van der Waals surface area (Å²) in [6, 6.07) is 6.20. The Morgan fingerprint density at radius 2 is 1.94 bits per heavy atom. The van der Waals surface area contributed by atoms with Crippen molar-refractivity contribution in [3.8, 4) is 0 Å². The largest absolute Gasteiger partial charge is 0.353 e. The molecule has 0 fully saturated rings. The average Bonchev–Trinajstić information content (AvgIpc) is 2.82. The van der Waals surface area contributed by atoms with Crippen molar-refractivity contribution in [3.63, 3.8) is 0 Å². The van der Waals surface area contributed by atoms with Gasteiger partial charge in [0.25, 0.3) is 0 Å². The summed E-state index contributed by atoms with van der Waals surface area (Å²) in [6.07, 6.45) is 4.89. The van der Waals surface area contributed by atoms with Crippen molar-refractivity contribution in [1.29, 1.82) is 0 Å². The fourth-order valence-electron chi connectivity index (χ4n) is 1.48. The summed E-state index contributed by atoms with van der Waals surface area (Å²) in [5, 5.41) is 0. The van der Waals surface area contributed by atoms with Crippen LogP contribution in [0.2, 0.25) is 0 Å². The Hall–Kier alpha value is -1.86. The topological polar surface area (TPSA) is 84.0 Å². The van der Waals surface area contributed by atoms with Gasteiger partial charge in [0.15, 0.2) is 0 Å². The van der Waals surface area contributed by atoms with Crippen molar-refractivity contribution in [3.05, 3.63) is 53.2 Å². The highest BCUT2D eigenvalue weighted by Gasteiger charge is 2.12. The lowest BCUT2D eigenvalue weighted by Crippen LogP contribution is -2.27. The van der Waals surface area contributed by atoms with E-state index in [2.05, 4.69) is 9.71 Å². The number of hydrogen-bond acceptors (Lipinski definition) is 3. The predicted octanol–water partition coefficient (Wildman–Crippen LogP) is 0.155. The Morgan fingerprint density at radius 1 is 1.22 bits per heavy atom. The van der Waals surface area contributed by atoms with Crippen LogP contribution in [-0.2, 0) is 16.6 Å². The van der Waals surface area contributed by atoms with E-state index < -0.39 is 10.0 Å². The van der Waals surface area contributed by atoms with Gasteiger partial charge in [0, 0.05) is 37.7 Å². The number of pyridine rings is 1. The van der Waals surface area contributed by atoms with E-state index in [-0.39, 0.29) is 17.0 Å². The number of aromatic amines is 1. The van der Waals surface area contributed by atoms with Crippen molar-refractivity contribution >= 4 is 10.0 Å². The SMILES string of the molecule is O=c1ccc(S(=O)(=O)NCCn2cccc2)c[nH]1. The standard InChI is InChI=1S/C11H13N3O3S/c15-11-4-3-10(9-12-11)18(16,17)13-5-8-14-6-1-2-7-14/h1-4,6-7,9,13H,5,8H2,(H,12,15). The van der Waals surface area contributed by atoms with Gasteiger partial charge in [-0.05, 0) is 18.2 Å². The maximum atomic E-state index is 11.8. The van der Waals surface area contributed by atoms with Crippen LogP contribution < -0.4 is 10.3 Å². The van der Waals surface area contributed by atoms with E-state index in [1.54, 1.807) is 0 Å². The van der Waals surface area contributed by atoms with Gasteiger partial charge < -0.3 is 9.55 Å². The van der Waals surface area contributed by atoms with Crippen LogP contribution in [0.5, 0.6) is 0 Å². The van der Waals surface area contributed by atoms with Crippen LogP contribution in [0.3, 0.4) is 0 Å². The Morgan fingerprint density at radius 3 is 2.56 bits per heavy atom. The number of nitrogens with zero attached hydrogens (tertiary/aromatic N) is 1. The number of aromatic nitrogens is 2. The molecular weight excluding hydrogens is 254 g/mol. The molecule has 0 aromatic carbocycles. The summed E-state index contributed by atoms with van der Waals surface area (Å²) in [5.74, 6) is 0. The first-order valence-corrected chi connectivity index (χ1v) is 6.85. The molecule has 0 spiro atoms. The summed E-state index contributed by atoms with van der Waals surface area (Å²) >= 11 is 0. The zero-order chi connectivity index (χ0) is 13.0. The van der Waals surface area contributed by atoms with E-state index in [4.69, 9.17) is 0 Å². The Kier molecular flexibility index (Phi) is 3.63. The molecule has 0 atom stereocenters. The normalized spacial score (nSPS) is 11.6. The summed E-state index contributed by atoms with van der Waals surface area (Å²) < 4.78 is 28.0. The van der Waals surface area contributed by atoms with Crippen molar-refractivity contribution in [2.24, 2.45) is 0 Å². The van der Waals surface area contributed by atoms with Gasteiger partial charge in [-0.2, -0.15) is 0 Å². The Balaban J connectivity index is 1.99. The fourth-order valence-corrected chi connectivity index (χ4v) is 2.46. The van der Waals surface area contributed by atoms with Gasteiger partial charge in [-0.3, -0.25) is 4.79 Å². The van der Waals surface area contributed by atoms with Gasteiger partial charge in [0.05, 0.1) is 4.90 Å². The van der Waals surface area contributed by atoms with E-state index >= 15 is 0 Å². The van der Waals surface area contributed by atoms with Crippen LogP contribution in [0.15, 0.2) is 52.5 Å². The molecule has 2 rings (SSSR count). The predicted molar refractivity (Wildman–Crippen MR) is 66.7 cm³/mol. The highest BCUT2D eigenvalue weighted by Crippen LogP contribution is 2.03. The van der Waals surface area contributed by atoms with Crippen LogP contribution in [0.1, 0.15) is 0 Å². The molecule has 2 heterocycles. The molecule has 0 aliphatic carbocycles. The van der Waals surface area contributed by atoms with Crippen LogP contribution in [0, 0.1) is 0 Å². The number of H-pyrrole nitrogens is 1. The average molecular weight is 267 g/mol. The van der Waals surface area contributed by atoms with Gasteiger partial charge in [-0.15, -0.1) is 0 Å². The van der Waals surface area contributed by atoms with Gasteiger partial charge in [0.2, 0.25) is 15.6 Å². The first kappa shape index (κ1) is 12.6. The lowest BCUT2D eigenvalue weighted by Gasteiger charge is -2.06. The van der Waals surface area contributed by atoms with Crippen molar-refractivity contribution in [2.45, 2.75) is 11.4 Å². The second-order valence-corrected chi connectivity index (χ2v) is 5.47. The van der Waals surface area contributed by atoms with Crippen LogP contribution in [0.25, 0.3) is 0 Å². The molecule has 0 unspecified atom stereocenters. The van der Waals surface area contributed by atoms with Gasteiger partial charge in [-0.25, -0.2) is 13.1 Å². The van der Waals surface area contributed by atoms with Crippen LogP contribution >= 0.6 is 0 Å². The summed E-state index contributed by atoms with van der Waals surface area (Å²) in [7, 11) is -3.56. The van der Waals surface area contributed by atoms with Gasteiger partial charge >= 0.3 is 0 Å². The highest BCUT2D eigenvalue weighted by molar-refractivity contribution is 7.89. The molecule has 0 bridgehead atoms. The van der Waals surface area contributed by atoms with E-state index in [9.17, 15) is 13.2 Å². The minimum atomic E-state index is -3.56. The number of rotatable bonds is 5. The summed E-state index contributed by atoms with van der Waals surface area (Å²) in [4.78, 5) is 13.2. The molecule has 96 valence electrons. The molecule has 18 heavy (non-hydrogen) atoms. The molecule has 0 saturated carbocycles. The number of hydrogen-bond donors (Lipinski definition) is 2. The summed E-state index contributed by atoms with van der Waals surface area (Å²) in [5.41, 5.74) is -0.332. The zero-order valence-electron chi connectivity index (χ0n) is 9.54. The molecule has 0 saturated heterocycles. The van der Waals surface area contributed by atoms with Crippen molar-refractivity contribution in [1.82, 2.24) is 14.3 Å². The monoisotopic (exact) mass is 267 g/mol. The van der Waals surface area contributed by atoms with E-state index in [1.165, 1.54) is 18.3 Å². The number of nitrogens with one attached hydrogen (secondary N) is 2. The molecule has 2 N–H and O–H groups in total. The molecule has 6 nitrogen and oxygen atoms in total. The maximum Gasteiger partial charge on any atom is 0.247 e. The molecule has 0 amide bonds. The lowest BCUT2D eigenvalue weighted by atomic mass is 10.5. The highest BCUT2D eigenvalue weighted by atomic mass is 32.2. The van der Waals surface area contributed by atoms with Gasteiger partial charge in [0.1, 0.15) is 0 Å². The quantitative estimate of drug-likeness (QED) is 0.809. The molecule has 2 aromatic rings. The van der Waals surface area contributed by atoms with Crippen molar-refractivity contribution in [2.75, 3.05) is 6.54 Å². The Bertz CT molecular complexity index is 639. The molecule has 0 radical (unpaired) electrons.